The van der Waals surface area contributed by atoms with E-state index in [0.29, 0.717) is 49.2 Å². The van der Waals surface area contributed by atoms with Gasteiger partial charge in [-0.05, 0) is 50.1 Å². The normalized spacial score (nSPS) is 14.9. The molecule has 0 saturated carbocycles. The van der Waals surface area contributed by atoms with Gasteiger partial charge in [0.2, 0.25) is 5.91 Å². The number of carbonyl (C=O) groups excluding carboxylic acids is 3. The SMILES string of the molecule is CCCN(CCOC)C(=O)CNC(=O)N1Cc2ccccc2N(C(=O)c2ccc(OCC)cc2Cl)C[C@H]1C. The van der Waals surface area contributed by atoms with Crippen molar-refractivity contribution in [1.82, 2.24) is 15.1 Å². The maximum absolute atomic E-state index is 13.7. The monoisotopic (exact) mass is 544 g/mol. The zero-order valence-corrected chi connectivity index (χ0v) is 23.3. The van der Waals surface area contributed by atoms with Gasteiger partial charge in [-0.3, -0.25) is 9.59 Å². The molecule has 9 nitrogen and oxygen atoms in total. The van der Waals surface area contributed by atoms with Crippen LogP contribution in [-0.4, -0.2) is 80.2 Å². The Labute approximate surface area is 229 Å². The molecule has 0 unspecified atom stereocenters. The van der Waals surface area contributed by atoms with E-state index in [2.05, 4.69) is 5.32 Å². The number of urea groups is 1. The first-order valence-corrected chi connectivity index (χ1v) is 13.3. The fourth-order valence-electron chi connectivity index (χ4n) is 4.44. The molecule has 1 aliphatic heterocycles. The lowest BCUT2D eigenvalue weighted by Gasteiger charge is -2.30. The molecule has 206 valence electrons. The maximum Gasteiger partial charge on any atom is 0.318 e. The van der Waals surface area contributed by atoms with Crippen LogP contribution in [0.15, 0.2) is 42.5 Å². The molecular weight excluding hydrogens is 508 g/mol. The number of anilines is 1. The van der Waals surface area contributed by atoms with Crippen LogP contribution >= 0.6 is 11.6 Å². The topological polar surface area (TPSA) is 91.4 Å². The van der Waals surface area contributed by atoms with Crippen molar-refractivity contribution in [2.75, 3.05) is 51.4 Å². The van der Waals surface area contributed by atoms with E-state index < -0.39 is 0 Å². The van der Waals surface area contributed by atoms with Crippen LogP contribution < -0.4 is 15.0 Å². The lowest BCUT2D eigenvalue weighted by atomic mass is 10.1. The number of amides is 4. The van der Waals surface area contributed by atoms with Gasteiger partial charge in [-0.1, -0.05) is 36.7 Å². The average Bonchev–Trinajstić information content (AvgIpc) is 3.06. The Balaban J connectivity index is 1.78. The van der Waals surface area contributed by atoms with Crippen LogP contribution in [0.25, 0.3) is 0 Å². The summed E-state index contributed by atoms with van der Waals surface area (Å²) in [6.45, 7) is 8.19. The molecule has 0 radical (unpaired) electrons. The van der Waals surface area contributed by atoms with E-state index in [0.717, 1.165) is 17.7 Å². The van der Waals surface area contributed by atoms with Crippen molar-refractivity contribution in [2.45, 2.75) is 39.8 Å². The van der Waals surface area contributed by atoms with Crippen molar-refractivity contribution in [1.29, 1.82) is 0 Å². The highest BCUT2D eigenvalue weighted by molar-refractivity contribution is 6.34. The number of rotatable bonds is 10. The molecule has 0 fully saturated rings. The zero-order chi connectivity index (χ0) is 27.7. The van der Waals surface area contributed by atoms with Crippen molar-refractivity contribution in [3.8, 4) is 5.75 Å². The number of para-hydroxylation sites is 1. The number of hydrogen-bond donors (Lipinski definition) is 1. The van der Waals surface area contributed by atoms with Gasteiger partial charge in [-0.15, -0.1) is 0 Å². The summed E-state index contributed by atoms with van der Waals surface area (Å²) in [7, 11) is 1.59. The molecule has 10 heteroatoms. The molecule has 2 aromatic carbocycles. The van der Waals surface area contributed by atoms with Crippen molar-refractivity contribution in [3.05, 3.63) is 58.6 Å². The first-order chi connectivity index (χ1) is 18.3. The number of fused-ring (bicyclic) bond motifs is 1. The molecule has 1 N–H and O–H groups in total. The summed E-state index contributed by atoms with van der Waals surface area (Å²) in [5.74, 6) is 0.168. The number of nitrogens with zero attached hydrogens (tertiary/aromatic N) is 3. The molecule has 0 spiro atoms. The minimum Gasteiger partial charge on any atom is -0.494 e. The minimum atomic E-state index is -0.364. The number of benzene rings is 2. The van der Waals surface area contributed by atoms with E-state index in [1.807, 2.05) is 45.0 Å². The van der Waals surface area contributed by atoms with Crippen molar-refractivity contribution >= 4 is 35.1 Å². The summed E-state index contributed by atoms with van der Waals surface area (Å²) >= 11 is 6.47. The van der Waals surface area contributed by atoms with Gasteiger partial charge in [0.15, 0.2) is 0 Å². The van der Waals surface area contributed by atoms with Gasteiger partial charge in [-0.2, -0.15) is 0 Å². The highest BCUT2D eigenvalue weighted by Crippen LogP contribution is 2.31. The molecule has 0 aromatic heterocycles. The van der Waals surface area contributed by atoms with Gasteiger partial charge in [0.25, 0.3) is 5.91 Å². The second-order valence-electron chi connectivity index (χ2n) is 9.13. The molecule has 1 aliphatic rings. The van der Waals surface area contributed by atoms with Crippen molar-refractivity contribution < 1.29 is 23.9 Å². The van der Waals surface area contributed by atoms with Crippen LogP contribution in [-0.2, 0) is 16.1 Å². The van der Waals surface area contributed by atoms with Gasteiger partial charge < -0.3 is 29.5 Å². The summed E-state index contributed by atoms with van der Waals surface area (Å²) < 4.78 is 10.6. The van der Waals surface area contributed by atoms with E-state index >= 15 is 0 Å². The number of halogens is 1. The number of methoxy groups -OCH3 is 1. The van der Waals surface area contributed by atoms with E-state index in [4.69, 9.17) is 21.1 Å². The first-order valence-electron chi connectivity index (χ1n) is 12.9. The van der Waals surface area contributed by atoms with Gasteiger partial charge in [0, 0.05) is 45.0 Å². The number of hydrogen-bond acceptors (Lipinski definition) is 5. The van der Waals surface area contributed by atoms with Crippen molar-refractivity contribution in [3.63, 3.8) is 0 Å². The second kappa shape index (κ2) is 14.0. The van der Waals surface area contributed by atoms with E-state index in [1.165, 1.54) is 0 Å². The Hall–Kier alpha value is -3.30. The number of carbonyl (C=O) groups is 3. The van der Waals surface area contributed by atoms with Gasteiger partial charge >= 0.3 is 6.03 Å². The Bertz CT molecular complexity index is 1130. The third-order valence-electron chi connectivity index (χ3n) is 6.39. The smallest absolute Gasteiger partial charge is 0.318 e. The van der Waals surface area contributed by atoms with Crippen LogP contribution in [0.5, 0.6) is 5.75 Å². The predicted molar refractivity (Wildman–Crippen MR) is 148 cm³/mol. The van der Waals surface area contributed by atoms with E-state index in [1.54, 1.807) is 40.0 Å². The first kappa shape index (κ1) is 29.3. The predicted octanol–water partition coefficient (Wildman–Crippen LogP) is 4.18. The fraction of sp³-hybridized carbons (Fsp3) is 0.464. The van der Waals surface area contributed by atoms with E-state index in [9.17, 15) is 14.4 Å². The molecule has 1 atom stereocenters. The molecule has 0 aliphatic carbocycles. The summed E-state index contributed by atoms with van der Waals surface area (Å²) in [6, 6.07) is 11.8. The highest BCUT2D eigenvalue weighted by atomic mass is 35.5. The average molecular weight is 545 g/mol. The summed E-state index contributed by atoms with van der Waals surface area (Å²) in [6.07, 6.45) is 0.811. The lowest BCUT2D eigenvalue weighted by Crippen LogP contribution is -2.50. The maximum atomic E-state index is 13.7. The molecule has 0 bridgehead atoms. The van der Waals surface area contributed by atoms with E-state index in [-0.39, 0.29) is 37.0 Å². The molecule has 38 heavy (non-hydrogen) atoms. The van der Waals surface area contributed by atoms with Crippen LogP contribution in [0.3, 0.4) is 0 Å². The van der Waals surface area contributed by atoms with Gasteiger partial charge in [0.05, 0.1) is 30.3 Å². The minimum absolute atomic E-state index is 0.113. The van der Waals surface area contributed by atoms with Crippen LogP contribution in [0.1, 0.15) is 43.1 Å². The summed E-state index contributed by atoms with van der Waals surface area (Å²) in [4.78, 5) is 44.7. The Morgan fingerprint density at radius 3 is 2.58 bits per heavy atom. The van der Waals surface area contributed by atoms with Gasteiger partial charge in [0.1, 0.15) is 5.75 Å². The third kappa shape index (κ3) is 7.17. The number of ether oxygens (including phenoxy) is 2. The third-order valence-corrected chi connectivity index (χ3v) is 6.71. The fourth-order valence-corrected chi connectivity index (χ4v) is 4.69. The molecule has 0 saturated heterocycles. The lowest BCUT2D eigenvalue weighted by molar-refractivity contribution is -0.130. The summed E-state index contributed by atoms with van der Waals surface area (Å²) in [5.41, 5.74) is 1.89. The Morgan fingerprint density at radius 1 is 1.13 bits per heavy atom. The van der Waals surface area contributed by atoms with Crippen molar-refractivity contribution in [2.24, 2.45) is 0 Å². The molecule has 1 heterocycles. The molecule has 4 amide bonds. The van der Waals surface area contributed by atoms with Crippen LogP contribution in [0.2, 0.25) is 5.02 Å². The number of nitrogens with one attached hydrogen (secondary N) is 1. The molecular formula is C28H37ClN4O5. The highest BCUT2D eigenvalue weighted by Gasteiger charge is 2.32. The van der Waals surface area contributed by atoms with Crippen LogP contribution in [0, 0.1) is 0 Å². The largest absolute Gasteiger partial charge is 0.494 e. The second-order valence-corrected chi connectivity index (χ2v) is 9.54. The Kier molecular flexibility index (Phi) is 10.8. The molecule has 2 aromatic rings. The van der Waals surface area contributed by atoms with Crippen LogP contribution in [0.4, 0.5) is 10.5 Å². The zero-order valence-electron chi connectivity index (χ0n) is 22.5. The summed E-state index contributed by atoms with van der Waals surface area (Å²) in [5, 5.41) is 3.08. The Morgan fingerprint density at radius 2 is 1.89 bits per heavy atom. The standard InChI is InChI=1S/C28H37ClN4O5/c1-5-13-31(14-15-37-4)26(34)17-30-28(36)32-19-21-9-7-8-10-25(21)33(18-20(32)3)27(35)23-12-11-22(38-6-2)16-24(23)29/h7-12,16,20H,5-6,13-15,17-19H2,1-4H3,(H,30,36)/t20-/m1/s1. The molecule has 3 rings (SSSR count). The quantitative estimate of drug-likeness (QED) is 0.484. The van der Waals surface area contributed by atoms with Gasteiger partial charge in [-0.25, -0.2) is 4.79 Å².